The predicted molar refractivity (Wildman–Crippen MR) is 20.2 cm³/mol. The van der Waals surface area contributed by atoms with Gasteiger partial charge < -0.3 is 0 Å². The Morgan fingerprint density at radius 1 is 1.33 bits per heavy atom. The summed E-state index contributed by atoms with van der Waals surface area (Å²) >= 11 is 0. The summed E-state index contributed by atoms with van der Waals surface area (Å²) in [6.07, 6.45) is -6.55. The van der Waals surface area contributed by atoms with E-state index >= 15 is 0 Å². The van der Waals surface area contributed by atoms with Crippen LogP contribution in [0.3, 0.4) is 0 Å². The molecule has 0 radical (unpaired) electrons. The molecule has 0 aliphatic rings. The molecule has 0 rings (SSSR count). The van der Waals surface area contributed by atoms with Gasteiger partial charge in [-0.25, -0.2) is 13.2 Å². The van der Waals surface area contributed by atoms with Crippen LogP contribution in [0, 0.1) is 0 Å². The van der Waals surface area contributed by atoms with Gasteiger partial charge in [0.05, 0.1) is 0 Å². The number of hydrogen-bond donors (Lipinski definition) is 1. The normalized spacial score (nSPS) is 13.4. The predicted octanol–water partition coefficient (Wildman–Crippen LogP) is 0.590. The van der Waals surface area contributed by atoms with Gasteiger partial charge in [-0.15, -0.1) is 4.48 Å². The molecule has 0 aromatic rings. The highest BCUT2D eigenvalue weighted by atomic mass is 19.3. The van der Waals surface area contributed by atoms with Gasteiger partial charge in [0, 0.05) is 0 Å². The van der Waals surface area contributed by atoms with Crippen LogP contribution in [0.4, 0.5) is 17.7 Å². The van der Waals surface area contributed by atoms with E-state index in [0.29, 0.717) is 0 Å². The van der Waals surface area contributed by atoms with E-state index in [-0.39, 0.29) is 5.54 Å². The number of rotatable bonds is 2. The van der Waals surface area contributed by atoms with Gasteiger partial charge in [-0.1, -0.05) is 0 Å². The molecule has 1 amide bonds. The molecule has 2 nitrogen and oxygen atoms in total. The summed E-state index contributed by atoms with van der Waals surface area (Å²) in [4.78, 5) is 9.61. The maximum Gasteiger partial charge on any atom is 0.288 e. The van der Waals surface area contributed by atoms with Crippen molar-refractivity contribution in [2.24, 2.45) is 0 Å². The maximum atomic E-state index is 11.5. The second kappa shape index (κ2) is 3.26. The summed E-state index contributed by atoms with van der Waals surface area (Å²) in [5, 5.41) is 0. The first-order chi connectivity index (χ1) is 4.09. The summed E-state index contributed by atoms with van der Waals surface area (Å²) < 4.78 is 44.5. The number of hydrogen-bond acceptors (Lipinski definition) is 1. The summed E-state index contributed by atoms with van der Waals surface area (Å²) in [6.45, 7) is 0. The van der Waals surface area contributed by atoms with Gasteiger partial charge in [-0.3, -0.25) is 4.79 Å². The van der Waals surface area contributed by atoms with Gasteiger partial charge in [0.1, 0.15) is 0 Å². The summed E-state index contributed by atoms with van der Waals surface area (Å²) in [6, 6.07) is 0. The lowest BCUT2D eigenvalue weighted by atomic mass is 10.4. The SMILES string of the molecule is O=C(NF)C(F)C(F)F. The average molecular weight is 145 g/mol. The lowest BCUT2D eigenvalue weighted by molar-refractivity contribution is -0.135. The Labute approximate surface area is 47.8 Å². The number of alkyl halides is 3. The van der Waals surface area contributed by atoms with Gasteiger partial charge in [0.25, 0.3) is 12.3 Å². The molecular weight excluding hydrogens is 142 g/mol. The van der Waals surface area contributed by atoms with Crippen molar-refractivity contribution in [3.8, 4) is 0 Å². The molecule has 0 heterocycles. The lowest BCUT2D eigenvalue weighted by Crippen LogP contribution is -2.31. The van der Waals surface area contributed by atoms with Crippen molar-refractivity contribution in [3.63, 3.8) is 0 Å². The Balaban J connectivity index is 3.72. The van der Waals surface area contributed by atoms with E-state index in [1.165, 1.54) is 0 Å². The highest BCUT2D eigenvalue weighted by Gasteiger charge is 2.27. The van der Waals surface area contributed by atoms with Crippen molar-refractivity contribution in [1.82, 2.24) is 5.54 Å². The van der Waals surface area contributed by atoms with Crippen LogP contribution in [0.5, 0.6) is 0 Å². The molecule has 0 aliphatic heterocycles. The van der Waals surface area contributed by atoms with Gasteiger partial charge in [-0.2, -0.15) is 5.54 Å². The molecule has 0 bridgehead atoms. The fourth-order valence-electron chi connectivity index (χ4n) is 0.167. The monoisotopic (exact) mass is 145 g/mol. The van der Waals surface area contributed by atoms with Crippen molar-refractivity contribution >= 4 is 5.91 Å². The van der Waals surface area contributed by atoms with E-state index in [1.54, 1.807) is 0 Å². The van der Waals surface area contributed by atoms with Gasteiger partial charge in [0.15, 0.2) is 0 Å². The van der Waals surface area contributed by atoms with Crippen molar-refractivity contribution in [2.75, 3.05) is 0 Å². The summed E-state index contributed by atoms with van der Waals surface area (Å²) in [5.41, 5.74) is 0.252. The molecule has 1 N–H and O–H groups in total. The third kappa shape index (κ3) is 2.29. The molecule has 0 spiro atoms. The van der Waals surface area contributed by atoms with E-state index in [1.807, 2.05) is 0 Å². The maximum absolute atomic E-state index is 11.5. The number of carbonyl (C=O) groups is 1. The molecule has 0 aromatic heterocycles. The van der Waals surface area contributed by atoms with Crippen molar-refractivity contribution < 1.29 is 22.4 Å². The minimum Gasteiger partial charge on any atom is -0.269 e. The molecule has 0 aliphatic carbocycles. The smallest absolute Gasteiger partial charge is 0.269 e. The van der Waals surface area contributed by atoms with E-state index in [4.69, 9.17) is 0 Å². The second-order valence-corrected chi connectivity index (χ2v) is 1.19. The van der Waals surface area contributed by atoms with Crippen molar-refractivity contribution in [2.45, 2.75) is 12.6 Å². The van der Waals surface area contributed by atoms with E-state index in [2.05, 4.69) is 0 Å². The van der Waals surface area contributed by atoms with Crippen LogP contribution in [0.25, 0.3) is 0 Å². The largest absolute Gasteiger partial charge is 0.288 e. The van der Waals surface area contributed by atoms with Crippen LogP contribution >= 0.6 is 0 Å². The number of carbonyl (C=O) groups excluding carboxylic acids is 1. The first-order valence-electron chi connectivity index (χ1n) is 1.92. The first-order valence-corrected chi connectivity index (χ1v) is 1.92. The van der Waals surface area contributed by atoms with Crippen LogP contribution in [-0.4, -0.2) is 18.5 Å². The fraction of sp³-hybridized carbons (Fsp3) is 0.667. The Kier molecular flexibility index (Phi) is 2.97. The molecule has 1 atom stereocenters. The molecule has 54 valence electrons. The standard InChI is InChI=1S/C3H3F4NO/c4-1(2(5)6)3(9)8-7/h1-2H,(H,8,9). The molecule has 6 heteroatoms. The molecule has 0 saturated heterocycles. The minimum absolute atomic E-state index is 0.252. The first kappa shape index (κ1) is 8.19. The van der Waals surface area contributed by atoms with Crippen LogP contribution < -0.4 is 5.54 Å². The average Bonchev–Trinajstić information content (AvgIpc) is 1.84. The Morgan fingerprint density at radius 2 is 1.78 bits per heavy atom. The third-order valence-corrected chi connectivity index (χ3v) is 0.565. The quantitative estimate of drug-likeness (QED) is 0.447. The van der Waals surface area contributed by atoms with Crippen LogP contribution in [0.15, 0.2) is 0 Å². The van der Waals surface area contributed by atoms with Gasteiger partial charge in [0.2, 0.25) is 6.17 Å². The van der Waals surface area contributed by atoms with E-state index in [9.17, 15) is 22.4 Å². The topological polar surface area (TPSA) is 29.1 Å². The van der Waals surface area contributed by atoms with Crippen molar-refractivity contribution in [1.29, 1.82) is 0 Å². The molecule has 0 aromatic carbocycles. The Hall–Kier alpha value is -0.810. The zero-order valence-electron chi connectivity index (χ0n) is 4.07. The minimum atomic E-state index is -3.47. The third-order valence-electron chi connectivity index (χ3n) is 0.565. The molecule has 9 heavy (non-hydrogen) atoms. The molecular formula is C3H3F4NO. The van der Waals surface area contributed by atoms with Crippen LogP contribution in [0.2, 0.25) is 0 Å². The zero-order chi connectivity index (χ0) is 7.44. The number of amides is 1. The Morgan fingerprint density at radius 3 is 1.89 bits per heavy atom. The zero-order valence-corrected chi connectivity index (χ0v) is 4.07. The second-order valence-electron chi connectivity index (χ2n) is 1.19. The molecule has 0 fully saturated rings. The summed E-state index contributed by atoms with van der Waals surface area (Å²) in [7, 11) is 0. The Bertz CT molecular complexity index is 106. The van der Waals surface area contributed by atoms with Gasteiger partial charge in [-0.05, 0) is 0 Å². The van der Waals surface area contributed by atoms with Crippen molar-refractivity contribution in [3.05, 3.63) is 0 Å². The molecule has 0 saturated carbocycles. The van der Waals surface area contributed by atoms with E-state index < -0.39 is 18.5 Å². The van der Waals surface area contributed by atoms with E-state index in [0.717, 1.165) is 0 Å². The number of nitrogens with one attached hydrogen (secondary N) is 1. The van der Waals surface area contributed by atoms with Crippen LogP contribution in [-0.2, 0) is 4.79 Å². The number of halogens is 4. The highest BCUT2D eigenvalue weighted by Crippen LogP contribution is 2.04. The lowest BCUT2D eigenvalue weighted by Gasteiger charge is -2.00. The fourth-order valence-corrected chi connectivity index (χ4v) is 0.167. The molecule has 1 unspecified atom stereocenters. The van der Waals surface area contributed by atoms with Gasteiger partial charge >= 0.3 is 0 Å². The summed E-state index contributed by atoms with van der Waals surface area (Å²) in [5.74, 6) is -1.95. The van der Waals surface area contributed by atoms with Crippen LogP contribution in [0.1, 0.15) is 0 Å². The highest BCUT2D eigenvalue weighted by molar-refractivity contribution is 5.79.